The lowest BCUT2D eigenvalue weighted by Gasteiger charge is -2.38. The van der Waals surface area contributed by atoms with E-state index in [0.717, 1.165) is 59.5 Å². The first-order valence-electron chi connectivity index (χ1n) is 14.5. The van der Waals surface area contributed by atoms with E-state index in [1.165, 1.54) is 6.08 Å². The zero-order valence-corrected chi connectivity index (χ0v) is 23.3. The van der Waals surface area contributed by atoms with Crippen molar-refractivity contribution >= 4 is 28.2 Å². The summed E-state index contributed by atoms with van der Waals surface area (Å²) in [6.45, 7) is 9.78. The van der Waals surface area contributed by atoms with Crippen LogP contribution in [0, 0.1) is 0 Å². The smallest absolute Gasteiger partial charge is 0.318 e. The van der Waals surface area contributed by atoms with E-state index in [-0.39, 0.29) is 11.7 Å². The molecule has 1 aromatic heterocycles. The maximum atomic E-state index is 13.9. The van der Waals surface area contributed by atoms with Crippen LogP contribution in [0.1, 0.15) is 24.1 Å². The first-order chi connectivity index (χ1) is 20.0. The first-order valence-corrected chi connectivity index (χ1v) is 14.5. The van der Waals surface area contributed by atoms with Crippen LogP contribution in [0.5, 0.6) is 11.8 Å². The lowest BCUT2D eigenvalue weighted by Crippen LogP contribution is -2.49. The Morgan fingerprint density at radius 1 is 1.10 bits per heavy atom. The molecule has 1 atom stereocenters. The third kappa shape index (κ3) is 5.93. The van der Waals surface area contributed by atoms with Crippen molar-refractivity contribution in [1.82, 2.24) is 19.8 Å². The van der Waals surface area contributed by atoms with Crippen molar-refractivity contribution in [1.29, 1.82) is 0 Å². The van der Waals surface area contributed by atoms with Gasteiger partial charge in [0.05, 0.1) is 12.2 Å². The van der Waals surface area contributed by atoms with Gasteiger partial charge in [-0.2, -0.15) is 9.97 Å². The summed E-state index contributed by atoms with van der Waals surface area (Å²) in [5.41, 5.74) is 2.96. The van der Waals surface area contributed by atoms with Gasteiger partial charge in [0.15, 0.2) is 0 Å². The summed E-state index contributed by atoms with van der Waals surface area (Å²) >= 11 is 0. The van der Waals surface area contributed by atoms with Gasteiger partial charge in [0.2, 0.25) is 5.91 Å². The Balaban J connectivity index is 1.26. The predicted octanol–water partition coefficient (Wildman–Crippen LogP) is 3.55. The molecule has 3 aliphatic rings. The molecule has 1 amide bonds. The van der Waals surface area contributed by atoms with E-state index in [0.29, 0.717) is 64.9 Å². The Labute approximate surface area is 239 Å². The van der Waals surface area contributed by atoms with Crippen molar-refractivity contribution in [2.24, 2.45) is 0 Å². The third-order valence-electron chi connectivity index (χ3n) is 8.34. The third-order valence-corrected chi connectivity index (χ3v) is 8.34. The highest BCUT2D eigenvalue weighted by atomic mass is 19.1. The van der Waals surface area contributed by atoms with Crippen molar-refractivity contribution in [3.05, 3.63) is 60.3 Å². The summed E-state index contributed by atoms with van der Waals surface area (Å²) in [4.78, 5) is 30.3. The molecule has 41 heavy (non-hydrogen) atoms. The molecule has 3 aliphatic heterocycles. The number of piperidine rings is 1. The minimum absolute atomic E-state index is 0.0550. The van der Waals surface area contributed by atoms with Gasteiger partial charge >= 0.3 is 6.01 Å². The highest BCUT2D eigenvalue weighted by molar-refractivity contribution is 5.95. The van der Waals surface area contributed by atoms with E-state index in [2.05, 4.69) is 27.3 Å². The number of phenolic OH excluding ortho intramolecular Hbond substituents is 1. The summed E-state index contributed by atoms with van der Waals surface area (Å²) in [6.07, 6.45) is 2.82. The number of aromatic nitrogens is 2. The van der Waals surface area contributed by atoms with Crippen molar-refractivity contribution in [3.63, 3.8) is 0 Å². The quantitative estimate of drug-likeness (QED) is 0.440. The molecule has 0 aliphatic carbocycles. The van der Waals surface area contributed by atoms with Gasteiger partial charge in [-0.3, -0.25) is 9.69 Å². The number of nitrogens with zero attached hydrogens (tertiary/aromatic N) is 6. The summed E-state index contributed by atoms with van der Waals surface area (Å²) in [7, 11) is 0. The second kappa shape index (κ2) is 11.9. The number of anilines is 2. The number of fused-ring (bicyclic) bond motifs is 2. The number of phenols is 1. The number of amides is 1. The standard InChI is InChI=1S/C31H37FN6O3/c1-2-29(40)36-12-14-37(15-13-36)30-26-9-11-38(28-19-24(39)18-22-6-3-4-8-25(22)28)21-27(26)33-31(34-30)41-17-16-35-10-5-7-23(32)20-35/h2-4,6,8,18-19,23,39H,1,5,7,9-17,20-21H2/t23-/m1/s1. The fraction of sp³-hybridized carbons (Fsp3) is 0.452. The number of ether oxygens (including phenoxy) is 1. The molecule has 216 valence electrons. The van der Waals surface area contributed by atoms with E-state index >= 15 is 0 Å². The van der Waals surface area contributed by atoms with Crippen LogP contribution in [0.4, 0.5) is 15.9 Å². The van der Waals surface area contributed by atoms with Crippen LogP contribution in [0.2, 0.25) is 0 Å². The molecule has 4 heterocycles. The summed E-state index contributed by atoms with van der Waals surface area (Å²) in [6, 6.07) is 12.0. The number of likely N-dealkylation sites (tertiary alicyclic amines) is 1. The minimum Gasteiger partial charge on any atom is -0.508 e. The SMILES string of the molecule is C=CC(=O)N1CCN(c2nc(OCCN3CCC[C@@H](F)C3)nc3c2CCN(c2cc(O)cc4ccccc24)C3)CC1. The van der Waals surface area contributed by atoms with Crippen LogP contribution in [-0.4, -0.2) is 95.9 Å². The van der Waals surface area contributed by atoms with Crippen LogP contribution < -0.4 is 14.5 Å². The Bertz CT molecular complexity index is 1430. The largest absolute Gasteiger partial charge is 0.508 e. The lowest BCUT2D eigenvalue weighted by atomic mass is 10.0. The molecule has 2 aromatic carbocycles. The van der Waals surface area contributed by atoms with Gasteiger partial charge in [0.1, 0.15) is 24.3 Å². The highest BCUT2D eigenvalue weighted by Crippen LogP contribution is 2.36. The molecule has 9 nitrogen and oxygen atoms in total. The average molecular weight is 561 g/mol. The van der Waals surface area contributed by atoms with Gasteiger partial charge in [-0.05, 0) is 43.3 Å². The lowest BCUT2D eigenvalue weighted by molar-refractivity contribution is -0.126. The fourth-order valence-corrected chi connectivity index (χ4v) is 6.19. The predicted molar refractivity (Wildman–Crippen MR) is 157 cm³/mol. The molecule has 1 N–H and O–H groups in total. The molecule has 0 spiro atoms. The number of hydrogen-bond donors (Lipinski definition) is 1. The maximum absolute atomic E-state index is 13.9. The number of carbonyl (C=O) groups is 1. The van der Waals surface area contributed by atoms with Gasteiger partial charge in [-0.15, -0.1) is 0 Å². The number of benzene rings is 2. The Kier molecular flexibility index (Phi) is 7.91. The van der Waals surface area contributed by atoms with Crippen molar-refractivity contribution in [2.45, 2.75) is 32.0 Å². The normalized spacial score (nSPS) is 19.7. The molecule has 2 fully saturated rings. The Hall–Kier alpha value is -3.92. The van der Waals surface area contributed by atoms with E-state index < -0.39 is 6.17 Å². The number of halogens is 1. The highest BCUT2D eigenvalue weighted by Gasteiger charge is 2.29. The summed E-state index contributed by atoms with van der Waals surface area (Å²) < 4.78 is 20.0. The average Bonchev–Trinajstić information content (AvgIpc) is 2.99. The summed E-state index contributed by atoms with van der Waals surface area (Å²) in [5, 5.41) is 12.5. The zero-order valence-electron chi connectivity index (χ0n) is 23.3. The van der Waals surface area contributed by atoms with Crippen molar-refractivity contribution in [3.8, 4) is 11.8 Å². The molecule has 0 bridgehead atoms. The van der Waals surface area contributed by atoms with E-state index in [1.54, 1.807) is 11.0 Å². The molecule has 6 rings (SSSR count). The first kappa shape index (κ1) is 27.3. The number of rotatable bonds is 7. The second-order valence-corrected chi connectivity index (χ2v) is 11.0. The molecule has 0 radical (unpaired) electrons. The number of alkyl halides is 1. The van der Waals surface area contributed by atoms with Crippen LogP contribution in [-0.2, 0) is 17.8 Å². The minimum atomic E-state index is -0.776. The fourth-order valence-electron chi connectivity index (χ4n) is 6.19. The van der Waals surface area contributed by atoms with Gasteiger partial charge in [0, 0.05) is 68.5 Å². The van der Waals surface area contributed by atoms with Gasteiger partial charge in [-0.1, -0.05) is 30.8 Å². The van der Waals surface area contributed by atoms with Crippen LogP contribution in [0.15, 0.2) is 49.1 Å². The van der Waals surface area contributed by atoms with Crippen molar-refractivity contribution < 1.29 is 19.0 Å². The number of aromatic hydroxyl groups is 1. The number of piperazine rings is 1. The van der Waals surface area contributed by atoms with Crippen LogP contribution >= 0.6 is 0 Å². The summed E-state index contributed by atoms with van der Waals surface area (Å²) in [5.74, 6) is 1.04. The van der Waals surface area contributed by atoms with Gasteiger partial charge in [0.25, 0.3) is 0 Å². The second-order valence-electron chi connectivity index (χ2n) is 11.0. The van der Waals surface area contributed by atoms with Crippen LogP contribution in [0.3, 0.4) is 0 Å². The van der Waals surface area contributed by atoms with Crippen molar-refractivity contribution in [2.75, 3.05) is 68.8 Å². The van der Waals surface area contributed by atoms with E-state index in [1.807, 2.05) is 24.3 Å². The molecule has 3 aromatic rings. The topological polar surface area (TPSA) is 85.3 Å². The molecular weight excluding hydrogens is 523 g/mol. The van der Waals surface area contributed by atoms with Gasteiger partial charge < -0.3 is 24.5 Å². The van der Waals surface area contributed by atoms with Crippen LogP contribution in [0.25, 0.3) is 10.8 Å². The Morgan fingerprint density at radius 2 is 1.93 bits per heavy atom. The monoisotopic (exact) mass is 560 g/mol. The number of carbonyl (C=O) groups excluding carboxylic acids is 1. The molecule has 0 unspecified atom stereocenters. The molecule has 10 heteroatoms. The van der Waals surface area contributed by atoms with E-state index in [4.69, 9.17) is 14.7 Å². The molecular formula is C31H37FN6O3. The Morgan fingerprint density at radius 3 is 2.73 bits per heavy atom. The number of hydrogen-bond acceptors (Lipinski definition) is 8. The maximum Gasteiger partial charge on any atom is 0.318 e. The van der Waals surface area contributed by atoms with E-state index in [9.17, 15) is 14.3 Å². The zero-order chi connectivity index (χ0) is 28.3. The molecule has 0 saturated carbocycles. The van der Waals surface area contributed by atoms with Gasteiger partial charge in [-0.25, -0.2) is 4.39 Å². The molecule has 2 saturated heterocycles.